The third-order valence-electron chi connectivity index (χ3n) is 3.61. The smallest absolute Gasteiger partial charge is 0.265 e. The lowest BCUT2D eigenvalue weighted by molar-refractivity contribution is -0.121. The SMILES string of the molecule is CN(C)S(=O)(=O)c1ccc2nnn(OCC(=O)Nc3ccc(Cl)cc3)c2c1. The van der Waals surface area contributed by atoms with Gasteiger partial charge in [0.15, 0.2) is 6.61 Å². The maximum atomic E-state index is 12.3. The zero-order valence-electron chi connectivity index (χ0n) is 14.5. The molecule has 2 aromatic carbocycles. The van der Waals surface area contributed by atoms with E-state index in [0.717, 1.165) is 9.15 Å². The number of sulfonamides is 1. The van der Waals surface area contributed by atoms with Crippen molar-refractivity contribution >= 4 is 44.3 Å². The number of halogens is 1. The van der Waals surface area contributed by atoms with Crippen molar-refractivity contribution in [3.8, 4) is 0 Å². The van der Waals surface area contributed by atoms with Gasteiger partial charge in [0, 0.05) is 24.8 Å². The highest BCUT2D eigenvalue weighted by Crippen LogP contribution is 2.19. The summed E-state index contributed by atoms with van der Waals surface area (Å²) in [6.45, 7) is -0.342. The van der Waals surface area contributed by atoms with Gasteiger partial charge in [-0.2, -0.15) is 0 Å². The van der Waals surface area contributed by atoms with Crippen LogP contribution in [0.3, 0.4) is 0 Å². The van der Waals surface area contributed by atoms with E-state index in [1.807, 2.05) is 0 Å². The number of nitrogens with one attached hydrogen (secondary N) is 1. The van der Waals surface area contributed by atoms with Crippen LogP contribution in [0.15, 0.2) is 47.4 Å². The van der Waals surface area contributed by atoms with Gasteiger partial charge in [-0.15, -0.1) is 5.10 Å². The van der Waals surface area contributed by atoms with Crippen LogP contribution in [-0.4, -0.2) is 54.5 Å². The van der Waals surface area contributed by atoms with Gasteiger partial charge < -0.3 is 10.2 Å². The fourth-order valence-electron chi connectivity index (χ4n) is 2.19. The normalized spacial score (nSPS) is 11.7. The van der Waals surface area contributed by atoms with Gasteiger partial charge in [0.05, 0.1) is 4.90 Å². The Kier molecular flexibility index (Phi) is 5.31. The van der Waals surface area contributed by atoms with E-state index >= 15 is 0 Å². The first-order chi connectivity index (χ1) is 12.8. The van der Waals surface area contributed by atoms with Crippen LogP contribution in [0, 0.1) is 0 Å². The number of benzene rings is 2. The Bertz CT molecular complexity index is 1080. The lowest BCUT2D eigenvalue weighted by Gasteiger charge is -2.11. The monoisotopic (exact) mass is 409 g/mol. The molecule has 0 unspecified atom stereocenters. The minimum Gasteiger partial charge on any atom is -0.385 e. The molecule has 0 saturated carbocycles. The van der Waals surface area contributed by atoms with Gasteiger partial charge in [0.1, 0.15) is 11.0 Å². The summed E-state index contributed by atoms with van der Waals surface area (Å²) in [5.74, 6) is -0.418. The van der Waals surface area contributed by atoms with Crippen molar-refractivity contribution in [3.05, 3.63) is 47.5 Å². The summed E-state index contributed by atoms with van der Waals surface area (Å²) in [5.41, 5.74) is 1.33. The number of rotatable bonds is 6. The number of carbonyl (C=O) groups is 1. The molecule has 0 atom stereocenters. The number of aromatic nitrogens is 3. The first kappa shape index (κ1) is 19.1. The van der Waals surface area contributed by atoms with Crippen molar-refractivity contribution in [3.63, 3.8) is 0 Å². The lowest BCUT2D eigenvalue weighted by atomic mass is 10.3. The minimum absolute atomic E-state index is 0.0674. The lowest BCUT2D eigenvalue weighted by Crippen LogP contribution is -2.26. The van der Waals surface area contributed by atoms with Crippen molar-refractivity contribution in [2.75, 3.05) is 26.0 Å². The van der Waals surface area contributed by atoms with Gasteiger partial charge in [0.2, 0.25) is 10.0 Å². The Morgan fingerprint density at radius 2 is 1.93 bits per heavy atom. The van der Waals surface area contributed by atoms with Gasteiger partial charge >= 0.3 is 0 Å². The van der Waals surface area contributed by atoms with Crippen LogP contribution in [0.4, 0.5) is 5.69 Å². The molecule has 0 aliphatic rings. The molecule has 0 aliphatic carbocycles. The van der Waals surface area contributed by atoms with Crippen LogP contribution >= 0.6 is 11.6 Å². The molecule has 1 amide bonds. The third-order valence-corrected chi connectivity index (χ3v) is 5.67. The first-order valence-corrected chi connectivity index (χ1v) is 9.56. The molecule has 0 fully saturated rings. The Morgan fingerprint density at radius 3 is 2.59 bits per heavy atom. The second-order valence-corrected chi connectivity index (χ2v) is 8.32. The van der Waals surface area contributed by atoms with E-state index in [-0.39, 0.29) is 11.5 Å². The highest BCUT2D eigenvalue weighted by Gasteiger charge is 2.19. The van der Waals surface area contributed by atoms with E-state index in [2.05, 4.69) is 15.6 Å². The molecule has 0 spiro atoms. The molecule has 3 aromatic rings. The van der Waals surface area contributed by atoms with Gasteiger partial charge in [-0.05, 0) is 47.7 Å². The standard InChI is InChI=1S/C16H16ClN5O4S/c1-21(2)27(24,25)13-7-8-14-15(9-13)22(20-19-14)26-10-16(23)18-12-5-3-11(17)4-6-12/h3-9H,10H2,1-2H3,(H,18,23). The maximum Gasteiger partial charge on any atom is 0.265 e. The fraction of sp³-hybridized carbons (Fsp3) is 0.188. The number of hydrogen-bond donors (Lipinski definition) is 1. The molecule has 1 heterocycles. The van der Waals surface area contributed by atoms with Crippen LogP contribution in [0.5, 0.6) is 0 Å². The summed E-state index contributed by atoms with van der Waals surface area (Å²) in [6.07, 6.45) is 0. The molecule has 0 saturated heterocycles. The second-order valence-electron chi connectivity index (χ2n) is 5.73. The molecule has 1 N–H and O–H groups in total. The van der Waals surface area contributed by atoms with Crippen LogP contribution < -0.4 is 10.2 Å². The summed E-state index contributed by atoms with van der Waals surface area (Å²) in [6, 6.07) is 11.0. The van der Waals surface area contributed by atoms with Crippen LogP contribution in [0.25, 0.3) is 11.0 Å². The maximum absolute atomic E-state index is 12.3. The van der Waals surface area contributed by atoms with E-state index in [4.69, 9.17) is 16.4 Å². The molecular formula is C16H16ClN5O4S. The summed E-state index contributed by atoms with van der Waals surface area (Å²) in [5, 5.41) is 10.9. The first-order valence-electron chi connectivity index (χ1n) is 7.74. The van der Waals surface area contributed by atoms with Crippen LogP contribution in [0.1, 0.15) is 0 Å². The largest absolute Gasteiger partial charge is 0.385 e. The summed E-state index contributed by atoms with van der Waals surface area (Å²) in [4.78, 5) is 18.4. The highest BCUT2D eigenvalue weighted by molar-refractivity contribution is 7.89. The van der Waals surface area contributed by atoms with Crippen molar-refractivity contribution in [1.82, 2.24) is 19.5 Å². The molecule has 0 radical (unpaired) electrons. The molecule has 1 aromatic heterocycles. The van der Waals surface area contributed by atoms with E-state index in [0.29, 0.717) is 21.7 Å². The summed E-state index contributed by atoms with van der Waals surface area (Å²) >= 11 is 5.79. The molecule has 3 rings (SSSR count). The van der Waals surface area contributed by atoms with E-state index < -0.39 is 15.9 Å². The molecule has 0 aliphatic heterocycles. The van der Waals surface area contributed by atoms with Crippen LogP contribution in [-0.2, 0) is 14.8 Å². The number of amides is 1. The zero-order valence-corrected chi connectivity index (χ0v) is 16.0. The number of carbonyl (C=O) groups excluding carboxylic acids is 1. The number of fused-ring (bicyclic) bond motifs is 1. The quantitative estimate of drug-likeness (QED) is 0.659. The van der Waals surface area contributed by atoms with Crippen molar-refractivity contribution in [2.45, 2.75) is 4.90 Å². The Hall–Kier alpha value is -2.69. The average Bonchev–Trinajstić information content (AvgIpc) is 3.04. The Morgan fingerprint density at radius 1 is 1.22 bits per heavy atom. The minimum atomic E-state index is -3.62. The van der Waals surface area contributed by atoms with Gasteiger partial charge in [-0.1, -0.05) is 16.4 Å². The topological polar surface area (TPSA) is 106 Å². The van der Waals surface area contributed by atoms with Crippen molar-refractivity contribution < 1.29 is 18.0 Å². The van der Waals surface area contributed by atoms with Crippen LogP contribution in [0.2, 0.25) is 5.02 Å². The van der Waals surface area contributed by atoms with Gasteiger partial charge in [-0.25, -0.2) is 12.7 Å². The van der Waals surface area contributed by atoms with Gasteiger partial charge in [-0.3, -0.25) is 4.79 Å². The van der Waals surface area contributed by atoms with Gasteiger partial charge in [0.25, 0.3) is 5.91 Å². The Balaban J connectivity index is 1.75. The number of hydrogen-bond acceptors (Lipinski definition) is 6. The highest BCUT2D eigenvalue weighted by atomic mass is 35.5. The van der Waals surface area contributed by atoms with Crippen molar-refractivity contribution in [2.24, 2.45) is 0 Å². The average molecular weight is 410 g/mol. The van der Waals surface area contributed by atoms with E-state index in [1.54, 1.807) is 24.3 Å². The number of anilines is 1. The fourth-order valence-corrected chi connectivity index (χ4v) is 3.24. The predicted molar refractivity (Wildman–Crippen MR) is 99.9 cm³/mol. The second kappa shape index (κ2) is 7.51. The molecule has 142 valence electrons. The molecule has 9 nitrogen and oxygen atoms in total. The van der Waals surface area contributed by atoms with Crippen molar-refractivity contribution in [1.29, 1.82) is 0 Å². The molecular weight excluding hydrogens is 394 g/mol. The van der Waals surface area contributed by atoms with E-state index in [9.17, 15) is 13.2 Å². The summed E-state index contributed by atoms with van der Waals surface area (Å²) in [7, 11) is -0.745. The van der Waals surface area contributed by atoms with E-state index in [1.165, 1.54) is 32.3 Å². The Labute approximate surface area is 160 Å². The molecule has 11 heteroatoms. The predicted octanol–water partition coefficient (Wildman–Crippen LogP) is 1.40. The summed E-state index contributed by atoms with van der Waals surface area (Å²) < 4.78 is 25.6. The molecule has 27 heavy (non-hydrogen) atoms. The zero-order chi connectivity index (χ0) is 19.6. The molecule has 0 bridgehead atoms. The third kappa shape index (κ3) is 4.18. The number of nitrogens with zero attached hydrogens (tertiary/aromatic N) is 4.